The summed E-state index contributed by atoms with van der Waals surface area (Å²) >= 11 is 0. The molecule has 12 heteroatoms. The lowest BCUT2D eigenvalue weighted by atomic mass is 9.95. The third kappa shape index (κ3) is 10.1. The first-order valence-electron chi connectivity index (χ1n) is 12.5. The van der Waals surface area contributed by atoms with Crippen molar-refractivity contribution in [3.63, 3.8) is 0 Å². The summed E-state index contributed by atoms with van der Waals surface area (Å²) in [6, 6.07) is 15.3. The maximum Gasteiger partial charge on any atom is 0.407 e. The molecule has 3 atom stereocenters. The number of primary amides is 1. The standard InChI is InChI=1S/C28H35N3O6.3H2S/c1-17(32)15-23(18(2)33)27(35)31-25(26(29)34)13-7-8-14-30-28(36)37-16-24-21-11-5-3-9-19(21)20-10-4-6-12-22(20)24;;;/h3-6,9-12,18,23-25,33H,7-8,13-16H2,1-2H3,(H2,29,34)(H,30,36)(H,31,35);3*1H2/t18?,23-,25-;;;/m0.../s1. The van der Waals surface area contributed by atoms with Gasteiger partial charge < -0.3 is 31.0 Å². The monoisotopic (exact) mass is 611 g/mol. The van der Waals surface area contributed by atoms with Crippen LogP contribution in [-0.2, 0) is 19.1 Å². The number of carbonyl (C=O) groups is 4. The van der Waals surface area contributed by atoms with Crippen LogP contribution in [0.4, 0.5) is 4.79 Å². The number of nitrogens with one attached hydrogen (secondary N) is 2. The highest BCUT2D eigenvalue weighted by Crippen LogP contribution is 2.44. The first kappa shape index (κ1) is 37.3. The van der Waals surface area contributed by atoms with E-state index in [1.807, 2.05) is 24.3 Å². The van der Waals surface area contributed by atoms with Crippen LogP contribution in [0.1, 0.15) is 56.6 Å². The van der Waals surface area contributed by atoms with E-state index in [2.05, 4.69) is 34.9 Å². The van der Waals surface area contributed by atoms with Crippen LogP contribution in [0.5, 0.6) is 0 Å². The van der Waals surface area contributed by atoms with Crippen LogP contribution in [0.15, 0.2) is 48.5 Å². The molecule has 3 rings (SSSR count). The van der Waals surface area contributed by atoms with E-state index >= 15 is 0 Å². The predicted molar refractivity (Wildman–Crippen MR) is 170 cm³/mol. The Hall–Kier alpha value is -2.67. The third-order valence-corrected chi connectivity index (χ3v) is 6.62. The number of nitrogens with two attached hydrogens (primary N) is 1. The zero-order chi connectivity index (χ0) is 26.9. The number of fused-ring (bicyclic) bond motifs is 3. The highest BCUT2D eigenvalue weighted by molar-refractivity contribution is 7.59. The normalized spacial score (nSPS) is 13.5. The highest BCUT2D eigenvalue weighted by atomic mass is 32.1. The van der Waals surface area contributed by atoms with Crippen molar-refractivity contribution < 1.29 is 29.0 Å². The number of hydrogen-bond acceptors (Lipinski definition) is 6. The van der Waals surface area contributed by atoms with Gasteiger partial charge in [0, 0.05) is 18.9 Å². The van der Waals surface area contributed by atoms with Crippen molar-refractivity contribution in [3.05, 3.63) is 59.7 Å². The minimum Gasteiger partial charge on any atom is -0.449 e. The summed E-state index contributed by atoms with van der Waals surface area (Å²) in [5.41, 5.74) is 10.0. The summed E-state index contributed by atoms with van der Waals surface area (Å²) < 4.78 is 5.51. The Labute approximate surface area is 256 Å². The maximum atomic E-state index is 12.4. The number of ketones is 1. The maximum absolute atomic E-state index is 12.4. The Morgan fingerprint density at radius 3 is 2.00 bits per heavy atom. The molecule has 9 nitrogen and oxygen atoms in total. The third-order valence-electron chi connectivity index (χ3n) is 6.62. The van der Waals surface area contributed by atoms with E-state index in [1.165, 1.54) is 13.8 Å². The van der Waals surface area contributed by atoms with Gasteiger partial charge in [0.15, 0.2) is 0 Å². The predicted octanol–water partition coefficient (Wildman–Crippen LogP) is 2.98. The van der Waals surface area contributed by atoms with Crippen molar-refractivity contribution in [2.75, 3.05) is 13.2 Å². The second-order valence-electron chi connectivity index (χ2n) is 9.46. The number of benzene rings is 2. The first-order chi connectivity index (χ1) is 17.7. The van der Waals surface area contributed by atoms with Gasteiger partial charge in [0.05, 0.1) is 12.0 Å². The van der Waals surface area contributed by atoms with Crippen LogP contribution in [0.3, 0.4) is 0 Å². The van der Waals surface area contributed by atoms with Crippen molar-refractivity contribution in [2.45, 2.75) is 57.6 Å². The minimum absolute atomic E-state index is 0. The Bertz CT molecular complexity index is 1100. The summed E-state index contributed by atoms with van der Waals surface area (Å²) in [5, 5.41) is 15.1. The van der Waals surface area contributed by atoms with Gasteiger partial charge in [-0.15, -0.1) is 0 Å². The zero-order valence-electron chi connectivity index (χ0n) is 22.7. The fourth-order valence-electron chi connectivity index (χ4n) is 4.67. The number of amides is 3. The number of aliphatic hydroxyl groups is 1. The number of ether oxygens (including phenoxy) is 1. The molecule has 222 valence electrons. The average molecular weight is 612 g/mol. The molecule has 3 amide bonds. The molecular weight excluding hydrogens is 571 g/mol. The largest absolute Gasteiger partial charge is 0.449 e. The van der Waals surface area contributed by atoms with Crippen LogP contribution < -0.4 is 16.4 Å². The molecular formula is C28H41N3O6S3. The van der Waals surface area contributed by atoms with Gasteiger partial charge in [-0.05, 0) is 55.4 Å². The molecule has 0 aromatic heterocycles. The number of unbranched alkanes of at least 4 members (excludes halogenated alkanes) is 1. The summed E-state index contributed by atoms with van der Waals surface area (Å²) in [6.45, 7) is 3.30. The highest BCUT2D eigenvalue weighted by Gasteiger charge is 2.30. The molecule has 0 radical (unpaired) electrons. The SMILES string of the molecule is CC(=O)C[C@H](C(=O)N[C@@H](CCCCNC(=O)OCC1c2ccccc2-c2ccccc21)C(N)=O)C(C)O.S.S.S. The smallest absolute Gasteiger partial charge is 0.407 e. The lowest BCUT2D eigenvalue weighted by Gasteiger charge is -2.22. The van der Waals surface area contributed by atoms with E-state index in [-0.39, 0.29) is 71.6 Å². The fraction of sp³-hybridized carbons (Fsp3) is 0.429. The molecule has 2 aromatic carbocycles. The molecule has 0 fully saturated rings. The van der Waals surface area contributed by atoms with Crippen molar-refractivity contribution in [1.82, 2.24) is 10.6 Å². The second-order valence-corrected chi connectivity index (χ2v) is 9.46. The fourth-order valence-corrected chi connectivity index (χ4v) is 4.67. The first-order valence-corrected chi connectivity index (χ1v) is 12.5. The lowest BCUT2D eigenvalue weighted by Crippen LogP contribution is -2.48. The molecule has 0 heterocycles. The molecule has 0 bridgehead atoms. The van der Waals surface area contributed by atoms with E-state index in [9.17, 15) is 24.3 Å². The van der Waals surface area contributed by atoms with E-state index in [0.717, 1.165) is 22.3 Å². The number of aliphatic hydroxyl groups excluding tert-OH is 1. The van der Waals surface area contributed by atoms with Gasteiger partial charge in [-0.25, -0.2) is 4.79 Å². The van der Waals surface area contributed by atoms with Crippen molar-refractivity contribution in [1.29, 1.82) is 0 Å². The number of hydrogen-bond donors (Lipinski definition) is 4. The second kappa shape index (κ2) is 17.9. The van der Waals surface area contributed by atoms with E-state index < -0.39 is 36.0 Å². The Morgan fingerprint density at radius 1 is 0.950 bits per heavy atom. The van der Waals surface area contributed by atoms with Gasteiger partial charge in [-0.2, -0.15) is 40.5 Å². The quantitative estimate of drug-likeness (QED) is 0.256. The molecule has 40 heavy (non-hydrogen) atoms. The molecule has 2 aromatic rings. The van der Waals surface area contributed by atoms with Crippen LogP contribution in [0.25, 0.3) is 11.1 Å². The Balaban J connectivity index is 0.00000507. The summed E-state index contributed by atoms with van der Waals surface area (Å²) in [4.78, 5) is 47.9. The number of alkyl carbamates (subject to hydrolysis) is 1. The van der Waals surface area contributed by atoms with Crippen molar-refractivity contribution in [2.24, 2.45) is 11.7 Å². The van der Waals surface area contributed by atoms with Gasteiger partial charge in [-0.1, -0.05) is 48.5 Å². The molecule has 5 N–H and O–H groups in total. The van der Waals surface area contributed by atoms with Gasteiger partial charge in [0.2, 0.25) is 11.8 Å². The van der Waals surface area contributed by atoms with E-state index in [4.69, 9.17) is 10.5 Å². The van der Waals surface area contributed by atoms with Gasteiger partial charge >= 0.3 is 6.09 Å². The van der Waals surface area contributed by atoms with Crippen molar-refractivity contribution >= 4 is 64.2 Å². The molecule has 1 unspecified atom stereocenters. The molecule has 0 spiro atoms. The average Bonchev–Trinajstić information content (AvgIpc) is 3.18. The van der Waals surface area contributed by atoms with E-state index in [1.54, 1.807) is 0 Å². The lowest BCUT2D eigenvalue weighted by molar-refractivity contribution is -0.135. The topological polar surface area (TPSA) is 148 Å². The molecule has 0 saturated carbocycles. The molecule has 1 aliphatic rings. The Kier molecular flexibility index (Phi) is 16.7. The van der Waals surface area contributed by atoms with Crippen LogP contribution >= 0.6 is 40.5 Å². The molecule has 0 aliphatic heterocycles. The molecule has 0 saturated heterocycles. The summed E-state index contributed by atoms with van der Waals surface area (Å²) in [7, 11) is 0. The summed E-state index contributed by atoms with van der Waals surface area (Å²) in [6.07, 6.45) is -0.385. The minimum atomic E-state index is -1.04. The Morgan fingerprint density at radius 2 is 1.50 bits per heavy atom. The van der Waals surface area contributed by atoms with Crippen LogP contribution in [-0.4, -0.2) is 54.1 Å². The zero-order valence-corrected chi connectivity index (χ0v) is 25.7. The van der Waals surface area contributed by atoms with Gasteiger partial charge in [-0.3, -0.25) is 9.59 Å². The summed E-state index contributed by atoms with van der Waals surface area (Å²) in [5.74, 6) is -2.51. The number of carbonyl (C=O) groups excluding carboxylic acids is 4. The van der Waals surface area contributed by atoms with Gasteiger partial charge in [0.25, 0.3) is 0 Å². The van der Waals surface area contributed by atoms with Crippen molar-refractivity contribution in [3.8, 4) is 11.1 Å². The number of rotatable bonds is 13. The molecule has 1 aliphatic carbocycles. The van der Waals surface area contributed by atoms with Gasteiger partial charge in [0.1, 0.15) is 18.4 Å². The van der Waals surface area contributed by atoms with Crippen LogP contribution in [0.2, 0.25) is 0 Å². The van der Waals surface area contributed by atoms with Crippen LogP contribution in [0, 0.1) is 5.92 Å². The van der Waals surface area contributed by atoms with E-state index in [0.29, 0.717) is 19.4 Å². The number of Topliss-reactive ketones (excluding diaryl/α,β-unsaturated/α-hetero) is 1.